The minimum absolute atomic E-state index is 0.255. The first-order chi connectivity index (χ1) is 10.4. The lowest BCUT2D eigenvalue weighted by molar-refractivity contribution is 0.0669. The molecule has 3 N–H and O–H groups in total. The average molecular weight is 294 g/mol. The van der Waals surface area contributed by atoms with Gasteiger partial charge in [0.2, 0.25) is 0 Å². The summed E-state index contributed by atoms with van der Waals surface area (Å²) in [6.45, 7) is 4.34. The smallest absolute Gasteiger partial charge is 0.153 e. The molecule has 21 heavy (non-hydrogen) atoms. The highest BCUT2D eigenvalue weighted by Crippen LogP contribution is 2.32. The van der Waals surface area contributed by atoms with Crippen LogP contribution in [0.15, 0.2) is 0 Å². The van der Waals surface area contributed by atoms with Gasteiger partial charge in [0.25, 0.3) is 0 Å². The van der Waals surface area contributed by atoms with Crippen LogP contribution in [0.4, 0.5) is 0 Å². The van der Waals surface area contributed by atoms with Crippen LogP contribution in [0, 0.1) is 0 Å². The third kappa shape index (κ3) is 2.52. The number of ether oxygens (including phenoxy) is 3. The van der Waals surface area contributed by atoms with E-state index in [1.165, 1.54) is 0 Å². The Morgan fingerprint density at radius 3 is 1.62 bits per heavy atom. The zero-order valence-electron chi connectivity index (χ0n) is 11.5. The molecule has 1 aromatic heterocycles. The zero-order chi connectivity index (χ0) is 14.1. The molecule has 3 unspecified atom stereocenters. The standard InChI is InChI=1S/C12H18N6O3/c1-4-19-10(13-1)7-8(11-14-2-5-20-11)16-18-17-9(7)12-15-3-6-21-12/h10-15H,1-6H2. The Labute approximate surface area is 121 Å². The molecule has 4 heterocycles. The van der Waals surface area contributed by atoms with Gasteiger partial charge in [-0.25, -0.2) is 0 Å². The maximum absolute atomic E-state index is 5.75. The van der Waals surface area contributed by atoms with Gasteiger partial charge in [0.1, 0.15) is 17.6 Å². The lowest BCUT2D eigenvalue weighted by Gasteiger charge is -2.22. The molecule has 0 bridgehead atoms. The van der Waals surface area contributed by atoms with Gasteiger partial charge in [-0.3, -0.25) is 16.0 Å². The maximum atomic E-state index is 5.75. The molecule has 3 saturated heterocycles. The lowest BCUT2D eigenvalue weighted by Crippen LogP contribution is -2.28. The Morgan fingerprint density at radius 1 is 0.714 bits per heavy atom. The van der Waals surface area contributed by atoms with E-state index in [0.717, 1.165) is 25.2 Å². The van der Waals surface area contributed by atoms with Crippen LogP contribution < -0.4 is 16.0 Å². The normalized spacial score (nSPS) is 32.9. The number of rotatable bonds is 3. The topological polar surface area (TPSA) is 102 Å². The van der Waals surface area contributed by atoms with Crippen LogP contribution in [0.5, 0.6) is 0 Å². The number of hydrogen-bond acceptors (Lipinski definition) is 9. The number of nitrogens with one attached hydrogen (secondary N) is 3. The minimum atomic E-state index is -0.276. The van der Waals surface area contributed by atoms with Crippen LogP contribution in [0.3, 0.4) is 0 Å². The van der Waals surface area contributed by atoms with E-state index in [1.807, 2.05) is 0 Å². The molecule has 3 aliphatic heterocycles. The number of aromatic nitrogens is 3. The van der Waals surface area contributed by atoms with Crippen molar-refractivity contribution < 1.29 is 14.2 Å². The van der Waals surface area contributed by atoms with Crippen LogP contribution in [-0.4, -0.2) is 54.9 Å². The second kappa shape index (κ2) is 5.87. The molecule has 0 amide bonds. The van der Waals surface area contributed by atoms with Crippen molar-refractivity contribution in [2.75, 3.05) is 39.5 Å². The quantitative estimate of drug-likeness (QED) is 0.629. The van der Waals surface area contributed by atoms with Crippen molar-refractivity contribution in [3.05, 3.63) is 17.0 Å². The SMILES string of the molecule is C1COC(c2nnnc(C3NCCO3)c2C2NCCO2)N1. The summed E-state index contributed by atoms with van der Waals surface area (Å²) in [6, 6.07) is 0. The van der Waals surface area contributed by atoms with Crippen LogP contribution >= 0.6 is 0 Å². The molecule has 3 fully saturated rings. The molecular formula is C12H18N6O3. The second-order valence-electron chi connectivity index (χ2n) is 5.09. The van der Waals surface area contributed by atoms with E-state index in [9.17, 15) is 0 Å². The molecule has 1 aromatic rings. The maximum Gasteiger partial charge on any atom is 0.153 e. The summed E-state index contributed by atoms with van der Waals surface area (Å²) >= 11 is 0. The molecule has 0 spiro atoms. The minimum Gasteiger partial charge on any atom is -0.358 e. The van der Waals surface area contributed by atoms with Gasteiger partial charge in [-0.1, -0.05) is 0 Å². The molecule has 3 atom stereocenters. The van der Waals surface area contributed by atoms with Crippen molar-refractivity contribution in [3.63, 3.8) is 0 Å². The fourth-order valence-electron chi connectivity index (χ4n) is 2.83. The van der Waals surface area contributed by atoms with Crippen molar-refractivity contribution >= 4 is 0 Å². The van der Waals surface area contributed by atoms with Gasteiger partial charge in [-0.2, -0.15) is 0 Å². The van der Waals surface area contributed by atoms with Gasteiger partial charge in [0, 0.05) is 19.6 Å². The first kappa shape index (κ1) is 13.4. The monoisotopic (exact) mass is 294 g/mol. The van der Waals surface area contributed by atoms with Crippen molar-refractivity contribution in [1.29, 1.82) is 0 Å². The van der Waals surface area contributed by atoms with Crippen molar-refractivity contribution in [2.45, 2.75) is 18.7 Å². The van der Waals surface area contributed by atoms with Crippen LogP contribution in [0.1, 0.15) is 35.6 Å². The van der Waals surface area contributed by atoms with Gasteiger partial charge in [-0.05, 0) is 5.21 Å². The second-order valence-corrected chi connectivity index (χ2v) is 5.09. The average Bonchev–Trinajstić information content (AvgIpc) is 3.28. The van der Waals surface area contributed by atoms with Gasteiger partial charge < -0.3 is 14.2 Å². The van der Waals surface area contributed by atoms with E-state index in [4.69, 9.17) is 14.2 Å². The first-order valence-corrected chi connectivity index (χ1v) is 7.21. The van der Waals surface area contributed by atoms with Crippen LogP contribution in [0.2, 0.25) is 0 Å². The van der Waals surface area contributed by atoms with E-state index in [0.29, 0.717) is 31.2 Å². The van der Waals surface area contributed by atoms with E-state index in [2.05, 4.69) is 31.4 Å². The molecule has 4 rings (SSSR count). The predicted molar refractivity (Wildman–Crippen MR) is 69.9 cm³/mol. The summed E-state index contributed by atoms with van der Waals surface area (Å²) in [5.41, 5.74) is 2.30. The summed E-state index contributed by atoms with van der Waals surface area (Å²) < 4.78 is 17.1. The van der Waals surface area contributed by atoms with Gasteiger partial charge in [0.05, 0.1) is 25.4 Å². The van der Waals surface area contributed by atoms with Gasteiger partial charge in [-0.15, -0.1) is 10.2 Å². The third-order valence-electron chi connectivity index (χ3n) is 3.76. The number of nitrogens with zero attached hydrogens (tertiary/aromatic N) is 3. The fraction of sp³-hybridized carbons (Fsp3) is 0.750. The highest BCUT2D eigenvalue weighted by molar-refractivity contribution is 5.30. The summed E-state index contributed by atoms with van der Waals surface area (Å²) in [6.07, 6.45) is -0.807. The van der Waals surface area contributed by atoms with Crippen molar-refractivity contribution in [3.8, 4) is 0 Å². The van der Waals surface area contributed by atoms with Crippen molar-refractivity contribution in [2.24, 2.45) is 0 Å². The van der Waals surface area contributed by atoms with E-state index < -0.39 is 0 Å². The Hall–Kier alpha value is -1.23. The fourth-order valence-corrected chi connectivity index (χ4v) is 2.83. The first-order valence-electron chi connectivity index (χ1n) is 7.21. The lowest BCUT2D eigenvalue weighted by atomic mass is 10.1. The molecule has 0 aliphatic carbocycles. The molecule has 3 aliphatic rings. The molecule has 0 saturated carbocycles. The van der Waals surface area contributed by atoms with E-state index >= 15 is 0 Å². The highest BCUT2D eigenvalue weighted by Gasteiger charge is 2.34. The number of hydrogen-bond donors (Lipinski definition) is 3. The van der Waals surface area contributed by atoms with Crippen LogP contribution in [0.25, 0.3) is 0 Å². The summed E-state index contributed by atoms with van der Waals surface area (Å²) in [5, 5.41) is 22.1. The Kier molecular flexibility index (Phi) is 3.76. The molecule has 0 aromatic carbocycles. The Morgan fingerprint density at radius 2 is 1.19 bits per heavy atom. The van der Waals surface area contributed by atoms with Crippen LogP contribution in [-0.2, 0) is 14.2 Å². The predicted octanol–water partition coefficient (Wildman–Crippen LogP) is -1.27. The van der Waals surface area contributed by atoms with E-state index in [-0.39, 0.29) is 18.7 Å². The molecule has 114 valence electrons. The molecular weight excluding hydrogens is 276 g/mol. The van der Waals surface area contributed by atoms with Gasteiger partial charge in [0.15, 0.2) is 12.5 Å². The Balaban J connectivity index is 1.75. The summed E-state index contributed by atoms with van der Waals surface area (Å²) in [7, 11) is 0. The zero-order valence-corrected chi connectivity index (χ0v) is 11.5. The third-order valence-corrected chi connectivity index (χ3v) is 3.76. The molecule has 9 nitrogen and oxygen atoms in total. The molecule has 0 radical (unpaired) electrons. The van der Waals surface area contributed by atoms with E-state index in [1.54, 1.807) is 0 Å². The van der Waals surface area contributed by atoms with Gasteiger partial charge >= 0.3 is 0 Å². The van der Waals surface area contributed by atoms with Crippen molar-refractivity contribution in [1.82, 2.24) is 31.4 Å². The largest absolute Gasteiger partial charge is 0.358 e. The Bertz CT molecular complexity index is 464. The summed E-state index contributed by atoms with van der Waals surface area (Å²) in [5.74, 6) is 0. The summed E-state index contributed by atoms with van der Waals surface area (Å²) in [4.78, 5) is 0. The molecule has 9 heteroatoms. The highest BCUT2D eigenvalue weighted by atomic mass is 16.5.